The molecule has 0 unspecified atom stereocenters. The van der Waals surface area contributed by atoms with Crippen molar-refractivity contribution in [2.45, 2.75) is 47.0 Å². The summed E-state index contributed by atoms with van der Waals surface area (Å²) < 4.78 is 9.23. The molecule has 0 saturated heterocycles. The molecule has 0 saturated carbocycles. The van der Waals surface area contributed by atoms with Gasteiger partial charge in [-0.25, -0.2) is 4.79 Å². The van der Waals surface area contributed by atoms with Crippen LogP contribution in [-0.2, 0) is 27.1 Å². The third-order valence-corrected chi connectivity index (χ3v) is 4.58. The Bertz CT molecular complexity index is 522. The molecule has 124 valence electrons. The highest BCUT2D eigenvalue weighted by Gasteiger charge is 2.32. The van der Waals surface area contributed by atoms with Gasteiger partial charge >= 0.3 is 5.97 Å². The standard InChI is InChI=1S/C13H19NO2S.C3H6O2/c1-4-16-12(15)10-8-5-6-13(2,3)7-9(8)17-11(10)14;1-2-5-3-4/h4-7,14H2,1-3H3;3H,2H2,1H3. The van der Waals surface area contributed by atoms with Gasteiger partial charge in [0.2, 0.25) is 0 Å². The predicted octanol–water partition coefficient (Wildman–Crippen LogP) is 3.20. The maximum atomic E-state index is 11.9. The Hall–Kier alpha value is -1.56. The van der Waals surface area contributed by atoms with E-state index in [-0.39, 0.29) is 5.97 Å². The zero-order valence-electron chi connectivity index (χ0n) is 13.7. The number of thiophene rings is 1. The second-order valence-corrected chi connectivity index (χ2v) is 6.99. The summed E-state index contributed by atoms with van der Waals surface area (Å²) in [6.45, 7) is 9.40. The molecule has 0 bridgehead atoms. The predicted molar refractivity (Wildman–Crippen MR) is 88.2 cm³/mol. The number of ether oxygens (including phenoxy) is 2. The number of anilines is 1. The molecule has 1 heterocycles. The van der Waals surface area contributed by atoms with E-state index in [2.05, 4.69) is 18.6 Å². The largest absolute Gasteiger partial charge is 0.468 e. The van der Waals surface area contributed by atoms with Gasteiger partial charge in [-0.1, -0.05) is 13.8 Å². The molecule has 22 heavy (non-hydrogen) atoms. The van der Waals surface area contributed by atoms with Gasteiger partial charge in [0.25, 0.3) is 6.47 Å². The fourth-order valence-electron chi connectivity index (χ4n) is 2.42. The molecule has 2 rings (SSSR count). The highest BCUT2D eigenvalue weighted by atomic mass is 32.1. The van der Waals surface area contributed by atoms with E-state index in [1.165, 1.54) is 4.88 Å². The van der Waals surface area contributed by atoms with Crippen LogP contribution in [0.15, 0.2) is 0 Å². The number of nitrogen functional groups attached to an aromatic ring is 1. The number of esters is 1. The lowest BCUT2D eigenvalue weighted by atomic mass is 9.77. The van der Waals surface area contributed by atoms with E-state index in [0.29, 0.717) is 35.7 Å². The van der Waals surface area contributed by atoms with Gasteiger partial charge in [0.1, 0.15) is 5.00 Å². The van der Waals surface area contributed by atoms with E-state index in [1.54, 1.807) is 18.3 Å². The second-order valence-electron chi connectivity index (χ2n) is 5.86. The summed E-state index contributed by atoms with van der Waals surface area (Å²) in [7, 11) is 0. The first-order chi connectivity index (χ1) is 10.4. The van der Waals surface area contributed by atoms with Crippen molar-refractivity contribution in [3.05, 3.63) is 16.0 Å². The van der Waals surface area contributed by atoms with Crippen LogP contribution in [0.4, 0.5) is 5.00 Å². The molecule has 1 aliphatic rings. The molecule has 1 aliphatic carbocycles. The second kappa shape index (κ2) is 8.17. The number of hydrogen-bond donors (Lipinski definition) is 1. The highest BCUT2D eigenvalue weighted by molar-refractivity contribution is 7.16. The summed E-state index contributed by atoms with van der Waals surface area (Å²) in [4.78, 5) is 22.3. The Kier molecular flexibility index (Phi) is 6.87. The van der Waals surface area contributed by atoms with E-state index in [4.69, 9.17) is 10.5 Å². The van der Waals surface area contributed by atoms with Gasteiger partial charge in [0, 0.05) is 4.88 Å². The van der Waals surface area contributed by atoms with Crippen molar-refractivity contribution >= 4 is 28.8 Å². The molecule has 0 spiro atoms. The molecule has 0 amide bonds. The Morgan fingerprint density at radius 2 is 2.05 bits per heavy atom. The summed E-state index contributed by atoms with van der Waals surface area (Å²) >= 11 is 1.55. The van der Waals surface area contributed by atoms with Gasteiger partial charge in [-0.3, -0.25) is 4.79 Å². The molecule has 1 aromatic heterocycles. The Balaban J connectivity index is 0.000000422. The average molecular weight is 327 g/mol. The molecule has 1 aromatic rings. The minimum atomic E-state index is -0.262. The molecule has 0 fully saturated rings. The molecule has 6 heteroatoms. The molecule has 2 N–H and O–H groups in total. The van der Waals surface area contributed by atoms with E-state index < -0.39 is 0 Å². The van der Waals surface area contributed by atoms with Crippen LogP contribution in [0, 0.1) is 5.41 Å². The van der Waals surface area contributed by atoms with E-state index in [1.807, 2.05) is 6.92 Å². The normalized spacial score (nSPS) is 15.1. The molecular weight excluding hydrogens is 302 g/mol. The number of hydrogen-bond acceptors (Lipinski definition) is 6. The van der Waals surface area contributed by atoms with Crippen LogP contribution in [0.3, 0.4) is 0 Å². The third kappa shape index (κ3) is 4.73. The fourth-order valence-corrected chi connectivity index (χ4v) is 3.79. The zero-order chi connectivity index (χ0) is 16.8. The first-order valence-corrected chi connectivity index (χ1v) is 8.30. The van der Waals surface area contributed by atoms with Gasteiger partial charge in [0.15, 0.2) is 0 Å². The number of rotatable bonds is 4. The van der Waals surface area contributed by atoms with Crippen molar-refractivity contribution in [3.63, 3.8) is 0 Å². The average Bonchev–Trinajstić information content (AvgIpc) is 2.74. The lowest BCUT2D eigenvalue weighted by Gasteiger charge is -2.29. The third-order valence-electron chi connectivity index (χ3n) is 3.52. The zero-order valence-corrected chi connectivity index (χ0v) is 14.5. The number of fused-ring (bicyclic) bond motifs is 1. The van der Waals surface area contributed by atoms with Crippen LogP contribution in [-0.4, -0.2) is 25.7 Å². The SMILES string of the molecule is CCOC(=O)c1c(N)sc2c1CCC(C)(C)C2.CCOC=O. The Morgan fingerprint density at radius 3 is 2.55 bits per heavy atom. The number of nitrogens with two attached hydrogens (primary N) is 1. The maximum absolute atomic E-state index is 11.9. The summed E-state index contributed by atoms with van der Waals surface area (Å²) in [6, 6.07) is 0. The van der Waals surface area contributed by atoms with Crippen LogP contribution >= 0.6 is 11.3 Å². The van der Waals surface area contributed by atoms with Gasteiger partial charge < -0.3 is 15.2 Å². The monoisotopic (exact) mass is 327 g/mol. The van der Waals surface area contributed by atoms with E-state index in [9.17, 15) is 9.59 Å². The summed E-state index contributed by atoms with van der Waals surface area (Å²) in [5, 5.41) is 0.617. The highest BCUT2D eigenvalue weighted by Crippen LogP contribution is 2.42. The van der Waals surface area contributed by atoms with E-state index >= 15 is 0 Å². The van der Waals surface area contributed by atoms with Crippen molar-refractivity contribution in [2.24, 2.45) is 5.41 Å². The van der Waals surface area contributed by atoms with Gasteiger partial charge in [0.05, 0.1) is 18.8 Å². The minimum absolute atomic E-state index is 0.262. The maximum Gasteiger partial charge on any atom is 0.341 e. The number of carbonyl (C=O) groups excluding carboxylic acids is 2. The smallest absolute Gasteiger partial charge is 0.341 e. The molecule has 0 aliphatic heterocycles. The lowest BCUT2D eigenvalue weighted by Crippen LogP contribution is -2.22. The summed E-state index contributed by atoms with van der Waals surface area (Å²) in [6.07, 6.45) is 3.05. The quantitative estimate of drug-likeness (QED) is 0.678. The first kappa shape index (κ1) is 18.5. The first-order valence-electron chi connectivity index (χ1n) is 7.48. The summed E-state index contributed by atoms with van der Waals surface area (Å²) in [5.74, 6) is -0.262. The molecule has 5 nitrogen and oxygen atoms in total. The number of carbonyl (C=O) groups is 2. The van der Waals surface area contributed by atoms with Crippen LogP contribution < -0.4 is 5.73 Å². The van der Waals surface area contributed by atoms with Gasteiger partial charge in [-0.2, -0.15) is 0 Å². The van der Waals surface area contributed by atoms with Gasteiger partial charge in [-0.05, 0) is 44.1 Å². The molecule has 0 radical (unpaired) electrons. The van der Waals surface area contributed by atoms with Crippen molar-refractivity contribution in [2.75, 3.05) is 18.9 Å². The van der Waals surface area contributed by atoms with Crippen molar-refractivity contribution in [1.82, 2.24) is 0 Å². The summed E-state index contributed by atoms with van der Waals surface area (Å²) in [5.41, 5.74) is 8.03. The Labute approximate surface area is 135 Å². The van der Waals surface area contributed by atoms with Crippen molar-refractivity contribution < 1.29 is 19.1 Å². The Morgan fingerprint density at radius 1 is 1.36 bits per heavy atom. The van der Waals surface area contributed by atoms with Crippen LogP contribution in [0.2, 0.25) is 0 Å². The molecule has 0 atom stereocenters. The molecule has 0 aromatic carbocycles. The fraction of sp³-hybridized carbons (Fsp3) is 0.625. The van der Waals surface area contributed by atoms with Crippen LogP contribution in [0.5, 0.6) is 0 Å². The minimum Gasteiger partial charge on any atom is -0.468 e. The van der Waals surface area contributed by atoms with Gasteiger partial charge in [-0.15, -0.1) is 11.3 Å². The van der Waals surface area contributed by atoms with Crippen LogP contribution in [0.1, 0.15) is 54.9 Å². The van der Waals surface area contributed by atoms with Crippen LogP contribution in [0.25, 0.3) is 0 Å². The van der Waals surface area contributed by atoms with Crippen molar-refractivity contribution in [1.29, 1.82) is 0 Å². The van der Waals surface area contributed by atoms with Crippen molar-refractivity contribution in [3.8, 4) is 0 Å². The topological polar surface area (TPSA) is 78.6 Å². The van der Waals surface area contributed by atoms with E-state index in [0.717, 1.165) is 24.8 Å². The lowest BCUT2D eigenvalue weighted by molar-refractivity contribution is -0.128. The molecular formula is C16H25NO4S.